The summed E-state index contributed by atoms with van der Waals surface area (Å²) in [6.07, 6.45) is 3.60. The van der Waals surface area contributed by atoms with Crippen LogP contribution in [0.2, 0.25) is 5.02 Å². The maximum Gasteiger partial charge on any atom is 0.380 e. The number of pyridine rings is 1. The van der Waals surface area contributed by atoms with E-state index in [0.29, 0.717) is 18.2 Å². The molecule has 2 aromatic heterocycles. The first-order chi connectivity index (χ1) is 10.7. The molecule has 0 unspecified atom stereocenters. The number of nitrogens with zero attached hydrogens (tertiary/aromatic N) is 2. The number of aromatic nitrogens is 2. The molecular formula is C16H15BClN2O2-. The lowest BCUT2D eigenvalue weighted by molar-refractivity contribution is 0.339. The molecule has 3 heterocycles. The fraction of sp³-hybridized carbons (Fsp3) is 0.188. The highest BCUT2D eigenvalue weighted by atomic mass is 35.5. The number of halogens is 1. The molecule has 1 aliphatic rings. The van der Waals surface area contributed by atoms with E-state index in [4.69, 9.17) is 20.9 Å². The quantitative estimate of drug-likeness (QED) is 0.683. The van der Waals surface area contributed by atoms with Gasteiger partial charge in [-0.05, 0) is 25.3 Å². The lowest BCUT2D eigenvalue weighted by atomic mass is 9.63. The summed E-state index contributed by atoms with van der Waals surface area (Å²) < 4.78 is 14.1. The predicted octanol–water partition coefficient (Wildman–Crippen LogP) is 2.74. The fourth-order valence-electron chi connectivity index (χ4n) is 3.08. The van der Waals surface area contributed by atoms with E-state index in [9.17, 15) is 0 Å². The van der Waals surface area contributed by atoms with Crippen molar-refractivity contribution in [1.29, 1.82) is 0 Å². The summed E-state index contributed by atoms with van der Waals surface area (Å²) in [6, 6.07) is 12.1. The fourth-order valence-corrected chi connectivity index (χ4v) is 3.25. The van der Waals surface area contributed by atoms with Gasteiger partial charge in [-0.2, -0.15) is 0 Å². The van der Waals surface area contributed by atoms with Crippen molar-refractivity contribution < 1.29 is 9.31 Å². The Balaban J connectivity index is 1.93. The molecule has 4 rings (SSSR count). The highest BCUT2D eigenvalue weighted by Gasteiger charge is 2.36. The maximum atomic E-state index is 6.08. The first kappa shape index (κ1) is 13.8. The molecule has 0 spiro atoms. The first-order valence-corrected chi connectivity index (χ1v) is 7.69. The highest BCUT2D eigenvalue weighted by molar-refractivity contribution is 6.80. The molecule has 1 saturated heterocycles. The number of benzene rings is 1. The molecule has 1 aromatic carbocycles. The van der Waals surface area contributed by atoms with Gasteiger partial charge in [0.1, 0.15) is 5.65 Å². The summed E-state index contributed by atoms with van der Waals surface area (Å²) >= 11 is 6.03. The normalized spacial score (nSPS) is 17.2. The van der Waals surface area contributed by atoms with E-state index in [1.807, 2.05) is 22.8 Å². The molecule has 0 amide bonds. The minimum atomic E-state index is -1.76. The van der Waals surface area contributed by atoms with Crippen LogP contribution < -0.4 is 5.46 Å². The molecule has 6 heteroatoms. The molecule has 1 fully saturated rings. The number of fused-ring (bicyclic) bond motifs is 1. The van der Waals surface area contributed by atoms with Crippen molar-refractivity contribution in [2.75, 3.05) is 13.2 Å². The van der Waals surface area contributed by atoms with Gasteiger partial charge in [-0.3, -0.25) is 0 Å². The van der Waals surface area contributed by atoms with Gasteiger partial charge in [-0.25, -0.2) is 4.98 Å². The molecule has 0 N–H and O–H groups in total. The van der Waals surface area contributed by atoms with Gasteiger partial charge < -0.3 is 13.8 Å². The van der Waals surface area contributed by atoms with Crippen LogP contribution in [0.3, 0.4) is 0 Å². The molecule has 22 heavy (non-hydrogen) atoms. The Kier molecular flexibility index (Phi) is 3.22. The Morgan fingerprint density at radius 2 is 1.86 bits per heavy atom. The molecule has 0 atom stereocenters. The summed E-state index contributed by atoms with van der Waals surface area (Å²) in [5.74, 6) is 0. The summed E-state index contributed by atoms with van der Waals surface area (Å²) in [4.78, 5) is 4.46. The number of hydrogen-bond acceptors (Lipinski definition) is 3. The average Bonchev–Trinajstić information content (AvgIpc) is 3.14. The molecule has 0 radical (unpaired) electrons. The van der Waals surface area contributed by atoms with Gasteiger partial charge >= 0.3 is 6.69 Å². The van der Waals surface area contributed by atoms with E-state index in [0.717, 1.165) is 16.5 Å². The summed E-state index contributed by atoms with van der Waals surface area (Å²) in [5, 5.41) is 1.59. The van der Waals surface area contributed by atoms with Crippen molar-refractivity contribution in [1.82, 2.24) is 9.46 Å². The Morgan fingerprint density at radius 3 is 2.59 bits per heavy atom. The van der Waals surface area contributed by atoms with Crippen molar-refractivity contribution in [3.8, 4) is 0 Å². The first-order valence-electron chi connectivity index (χ1n) is 7.31. The molecule has 4 nitrogen and oxygen atoms in total. The third-order valence-corrected chi connectivity index (χ3v) is 4.36. The summed E-state index contributed by atoms with van der Waals surface area (Å²) in [7, 11) is 0. The number of rotatable bonds is 2. The van der Waals surface area contributed by atoms with Gasteiger partial charge in [0.15, 0.2) is 0 Å². The predicted molar refractivity (Wildman–Crippen MR) is 88.6 cm³/mol. The summed E-state index contributed by atoms with van der Waals surface area (Å²) in [5.41, 5.74) is 3.03. The third kappa shape index (κ3) is 2.05. The minimum absolute atomic E-state index is 0.571. The Hall–Kier alpha value is -1.82. The largest absolute Gasteiger partial charge is 0.544 e. The second-order valence-corrected chi connectivity index (χ2v) is 6.05. The van der Waals surface area contributed by atoms with Crippen LogP contribution in [-0.2, 0) is 9.31 Å². The standard InChI is InChI=1S/C16H15BClN2O2/c1-12-2-4-14(5-3-12)17(21-8-9-22-17)20-7-6-13-10-15(18)11-19-16(13)20/h2-7,10-11H,8-9H2,1H3/q-1. The van der Waals surface area contributed by atoms with Crippen molar-refractivity contribution in [2.24, 2.45) is 0 Å². The van der Waals surface area contributed by atoms with Crippen LogP contribution in [-0.4, -0.2) is 29.4 Å². The van der Waals surface area contributed by atoms with Crippen LogP contribution in [0.4, 0.5) is 0 Å². The van der Waals surface area contributed by atoms with Crippen LogP contribution in [0.25, 0.3) is 11.0 Å². The van der Waals surface area contributed by atoms with E-state index in [1.54, 1.807) is 6.20 Å². The highest BCUT2D eigenvalue weighted by Crippen LogP contribution is 2.25. The lowest BCUT2D eigenvalue weighted by Gasteiger charge is -2.37. The van der Waals surface area contributed by atoms with Gasteiger partial charge in [0.25, 0.3) is 0 Å². The molecular weight excluding hydrogens is 298 g/mol. The van der Waals surface area contributed by atoms with Gasteiger partial charge in [-0.15, -0.1) is 5.46 Å². The van der Waals surface area contributed by atoms with Crippen molar-refractivity contribution in [3.63, 3.8) is 0 Å². The second kappa shape index (κ2) is 5.12. The smallest absolute Gasteiger partial charge is 0.380 e. The van der Waals surface area contributed by atoms with Crippen LogP contribution in [0.15, 0.2) is 48.8 Å². The van der Waals surface area contributed by atoms with Crippen LogP contribution in [0, 0.1) is 6.92 Å². The SMILES string of the molecule is Cc1ccc([B-]2(n3ccc4cc(Cl)cnc43)OCCO2)cc1. The van der Waals surface area contributed by atoms with E-state index >= 15 is 0 Å². The number of hydrogen-bond donors (Lipinski definition) is 0. The molecule has 3 aromatic rings. The Bertz CT molecular complexity index is 826. The minimum Gasteiger partial charge on any atom is -0.544 e. The molecule has 0 saturated carbocycles. The maximum absolute atomic E-state index is 6.08. The van der Waals surface area contributed by atoms with Gasteiger partial charge in [0.05, 0.1) is 5.02 Å². The second-order valence-electron chi connectivity index (χ2n) is 5.61. The molecule has 0 aliphatic carbocycles. The van der Waals surface area contributed by atoms with Gasteiger partial charge in [0, 0.05) is 24.8 Å². The summed E-state index contributed by atoms with van der Waals surface area (Å²) in [6.45, 7) is 1.45. The monoisotopic (exact) mass is 313 g/mol. The van der Waals surface area contributed by atoms with E-state index in [-0.39, 0.29) is 0 Å². The van der Waals surface area contributed by atoms with Crippen molar-refractivity contribution in [2.45, 2.75) is 6.92 Å². The zero-order valence-corrected chi connectivity index (χ0v) is 13.0. The molecule has 0 bridgehead atoms. The Labute approximate surface area is 133 Å². The zero-order chi connectivity index (χ0) is 15.2. The van der Waals surface area contributed by atoms with Gasteiger partial charge in [0.2, 0.25) is 0 Å². The van der Waals surface area contributed by atoms with Crippen molar-refractivity contribution >= 4 is 34.8 Å². The molecule has 1 aliphatic heterocycles. The van der Waals surface area contributed by atoms with Gasteiger partial charge in [-0.1, -0.05) is 41.4 Å². The number of aryl methyl sites for hydroxylation is 1. The van der Waals surface area contributed by atoms with Crippen LogP contribution >= 0.6 is 11.6 Å². The van der Waals surface area contributed by atoms with Crippen LogP contribution in [0.1, 0.15) is 5.56 Å². The van der Waals surface area contributed by atoms with E-state index in [2.05, 4.69) is 36.2 Å². The van der Waals surface area contributed by atoms with E-state index in [1.165, 1.54) is 5.56 Å². The lowest BCUT2D eigenvalue weighted by Crippen LogP contribution is -2.56. The van der Waals surface area contributed by atoms with Crippen LogP contribution in [0.5, 0.6) is 0 Å². The zero-order valence-electron chi connectivity index (χ0n) is 12.2. The Morgan fingerprint density at radius 1 is 1.14 bits per heavy atom. The molecule has 112 valence electrons. The van der Waals surface area contributed by atoms with E-state index < -0.39 is 6.69 Å². The third-order valence-electron chi connectivity index (χ3n) is 4.16. The average molecular weight is 314 g/mol. The topological polar surface area (TPSA) is 36.3 Å². The van der Waals surface area contributed by atoms with Crippen molar-refractivity contribution in [3.05, 3.63) is 59.4 Å².